The minimum atomic E-state index is -0.183. The molecule has 5 heteroatoms. The molecule has 0 spiro atoms. The summed E-state index contributed by atoms with van der Waals surface area (Å²) in [5, 5.41) is 7.52. The number of nitrogens with zero attached hydrogens (tertiary/aromatic N) is 2. The van der Waals surface area contributed by atoms with Crippen LogP contribution in [0, 0.1) is 0 Å². The molecule has 1 N–H and O–H groups in total. The second kappa shape index (κ2) is 6.70. The van der Waals surface area contributed by atoms with Crippen molar-refractivity contribution in [2.24, 2.45) is 5.16 Å². The molecule has 0 atom stereocenters. The highest BCUT2D eigenvalue weighted by atomic mass is 16.6. The number of aromatic nitrogens is 1. The molecule has 0 fully saturated rings. The van der Waals surface area contributed by atoms with Crippen LogP contribution in [-0.4, -0.2) is 24.2 Å². The number of oxime groups is 1. The van der Waals surface area contributed by atoms with Gasteiger partial charge in [-0.2, -0.15) is 0 Å². The number of pyridine rings is 1. The van der Waals surface area contributed by atoms with E-state index in [0.29, 0.717) is 11.3 Å². The summed E-state index contributed by atoms with van der Waals surface area (Å²) in [6.45, 7) is 0. The lowest BCUT2D eigenvalue weighted by atomic mass is 10.1. The lowest BCUT2D eigenvalue weighted by Crippen LogP contribution is -2.12. The Morgan fingerprint density at radius 3 is 2.74 bits per heavy atom. The summed E-state index contributed by atoms with van der Waals surface area (Å²) in [5.41, 5.74) is 2.98. The van der Waals surface area contributed by atoms with Crippen LogP contribution in [0.3, 0.4) is 0 Å². The number of carbonyl (C=O) groups excluding carboxylic acids is 1. The highest BCUT2D eigenvalue weighted by molar-refractivity contribution is 6.05. The van der Waals surface area contributed by atoms with Crippen LogP contribution in [0.25, 0.3) is 10.9 Å². The van der Waals surface area contributed by atoms with E-state index in [1.54, 1.807) is 36.7 Å². The molecule has 114 valence electrons. The zero-order valence-corrected chi connectivity index (χ0v) is 12.6. The molecule has 1 amide bonds. The number of anilines is 1. The number of hydrogen-bond donors (Lipinski definition) is 1. The minimum Gasteiger partial charge on any atom is -0.399 e. The van der Waals surface area contributed by atoms with E-state index in [-0.39, 0.29) is 5.91 Å². The Kier molecular flexibility index (Phi) is 4.29. The van der Waals surface area contributed by atoms with Crippen LogP contribution in [0.15, 0.2) is 65.9 Å². The largest absolute Gasteiger partial charge is 0.399 e. The number of amides is 1. The maximum Gasteiger partial charge on any atom is 0.255 e. The summed E-state index contributed by atoms with van der Waals surface area (Å²) in [4.78, 5) is 21.2. The van der Waals surface area contributed by atoms with Crippen LogP contribution in [0.2, 0.25) is 0 Å². The van der Waals surface area contributed by atoms with Gasteiger partial charge < -0.3 is 10.2 Å². The summed E-state index contributed by atoms with van der Waals surface area (Å²) in [6.07, 6.45) is 3.23. The zero-order chi connectivity index (χ0) is 16.1. The van der Waals surface area contributed by atoms with Crippen LogP contribution in [0.5, 0.6) is 0 Å². The fourth-order valence-electron chi connectivity index (χ4n) is 2.18. The van der Waals surface area contributed by atoms with Crippen molar-refractivity contribution < 1.29 is 9.63 Å². The maximum atomic E-state index is 12.3. The molecule has 0 aliphatic carbocycles. The van der Waals surface area contributed by atoms with Crippen molar-refractivity contribution in [3.05, 3.63) is 71.9 Å². The zero-order valence-electron chi connectivity index (χ0n) is 12.6. The maximum absolute atomic E-state index is 12.3. The van der Waals surface area contributed by atoms with Gasteiger partial charge in [0, 0.05) is 10.9 Å². The molecule has 0 saturated carbocycles. The van der Waals surface area contributed by atoms with Gasteiger partial charge in [-0.1, -0.05) is 35.5 Å². The van der Waals surface area contributed by atoms with Crippen LogP contribution >= 0.6 is 0 Å². The van der Waals surface area contributed by atoms with Crippen LogP contribution in [0.4, 0.5) is 5.69 Å². The van der Waals surface area contributed by atoms with Crippen molar-refractivity contribution in [1.29, 1.82) is 0 Å². The number of para-hydroxylation sites is 1. The molecule has 0 aliphatic rings. The summed E-state index contributed by atoms with van der Waals surface area (Å²) >= 11 is 0. The molecule has 3 aromatic rings. The van der Waals surface area contributed by atoms with E-state index in [2.05, 4.69) is 20.3 Å². The third-order valence-corrected chi connectivity index (χ3v) is 3.33. The number of hydrogen-bond acceptors (Lipinski definition) is 4. The molecule has 0 bridgehead atoms. The van der Waals surface area contributed by atoms with E-state index < -0.39 is 0 Å². The van der Waals surface area contributed by atoms with E-state index in [4.69, 9.17) is 0 Å². The van der Waals surface area contributed by atoms with Gasteiger partial charge in [0.15, 0.2) is 0 Å². The summed E-state index contributed by atoms with van der Waals surface area (Å²) in [7, 11) is 1.48. The molecular formula is C18H15N3O2. The SMILES string of the molecule is CO/N=C/c1ccc(C(=O)Nc2cnc3ccccc3c2)cc1. The molecule has 0 aliphatic heterocycles. The van der Waals surface area contributed by atoms with E-state index in [9.17, 15) is 4.79 Å². The Morgan fingerprint density at radius 2 is 1.96 bits per heavy atom. The Hall–Kier alpha value is -3.21. The number of nitrogens with one attached hydrogen (secondary N) is 1. The van der Waals surface area contributed by atoms with Gasteiger partial charge in [0.1, 0.15) is 7.11 Å². The van der Waals surface area contributed by atoms with Crippen molar-refractivity contribution >= 4 is 28.7 Å². The first-order valence-electron chi connectivity index (χ1n) is 7.09. The molecule has 3 rings (SSSR count). The average Bonchev–Trinajstić information content (AvgIpc) is 2.60. The first kappa shape index (κ1) is 14.7. The summed E-state index contributed by atoms with van der Waals surface area (Å²) < 4.78 is 0. The smallest absolute Gasteiger partial charge is 0.255 e. The lowest BCUT2D eigenvalue weighted by Gasteiger charge is -2.06. The van der Waals surface area contributed by atoms with Gasteiger partial charge in [0.05, 0.1) is 23.6 Å². The predicted octanol–water partition coefficient (Wildman–Crippen LogP) is 3.47. The third-order valence-electron chi connectivity index (χ3n) is 3.33. The lowest BCUT2D eigenvalue weighted by molar-refractivity contribution is 0.102. The quantitative estimate of drug-likeness (QED) is 0.593. The topological polar surface area (TPSA) is 63.6 Å². The fraction of sp³-hybridized carbons (Fsp3) is 0.0556. The molecule has 0 saturated heterocycles. The van der Waals surface area contributed by atoms with E-state index in [1.165, 1.54) is 7.11 Å². The molecule has 1 aromatic heterocycles. The third kappa shape index (κ3) is 3.52. The van der Waals surface area contributed by atoms with Gasteiger partial charge in [0.2, 0.25) is 0 Å². The highest BCUT2D eigenvalue weighted by Crippen LogP contribution is 2.17. The van der Waals surface area contributed by atoms with Crippen molar-refractivity contribution in [3.63, 3.8) is 0 Å². The van der Waals surface area contributed by atoms with Gasteiger partial charge in [-0.3, -0.25) is 9.78 Å². The van der Waals surface area contributed by atoms with Crippen molar-refractivity contribution in [1.82, 2.24) is 4.98 Å². The van der Waals surface area contributed by atoms with Gasteiger partial charge in [-0.15, -0.1) is 0 Å². The predicted molar refractivity (Wildman–Crippen MR) is 90.7 cm³/mol. The molecular weight excluding hydrogens is 290 g/mol. The van der Waals surface area contributed by atoms with Crippen molar-refractivity contribution in [2.45, 2.75) is 0 Å². The number of benzene rings is 2. The average molecular weight is 305 g/mol. The fourth-order valence-corrected chi connectivity index (χ4v) is 2.18. The Labute approximate surface area is 133 Å². The van der Waals surface area contributed by atoms with Gasteiger partial charge >= 0.3 is 0 Å². The monoisotopic (exact) mass is 305 g/mol. The standard InChI is InChI=1S/C18H15N3O2/c1-23-20-11-13-6-8-14(9-7-13)18(22)21-16-10-15-4-2-3-5-17(15)19-12-16/h2-12H,1H3,(H,21,22)/b20-11+. The molecule has 0 unspecified atom stereocenters. The first-order valence-corrected chi connectivity index (χ1v) is 7.09. The molecule has 0 radical (unpaired) electrons. The van der Waals surface area contributed by atoms with Crippen molar-refractivity contribution in [3.8, 4) is 0 Å². The van der Waals surface area contributed by atoms with Gasteiger partial charge in [-0.05, 0) is 29.8 Å². The minimum absolute atomic E-state index is 0.183. The Morgan fingerprint density at radius 1 is 1.17 bits per heavy atom. The number of fused-ring (bicyclic) bond motifs is 1. The second-order valence-electron chi connectivity index (χ2n) is 4.91. The normalized spacial score (nSPS) is 10.8. The molecule has 23 heavy (non-hydrogen) atoms. The Bertz CT molecular complexity index is 858. The number of rotatable bonds is 4. The van der Waals surface area contributed by atoms with E-state index >= 15 is 0 Å². The summed E-state index contributed by atoms with van der Waals surface area (Å²) in [5.74, 6) is -0.183. The number of carbonyl (C=O) groups is 1. The second-order valence-corrected chi connectivity index (χ2v) is 4.91. The molecule has 2 aromatic carbocycles. The highest BCUT2D eigenvalue weighted by Gasteiger charge is 2.06. The van der Waals surface area contributed by atoms with Crippen LogP contribution in [-0.2, 0) is 4.84 Å². The van der Waals surface area contributed by atoms with Crippen LogP contribution in [0.1, 0.15) is 15.9 Å². The molecule has 5 nitrogen and oxygen atoms in total. The first-order chi connectivity index (χ1) is 11.3. The Balaban J connectivity index is 1.76. The van der Waals surface area contributed by atoms with Gasteiger partial charge in [-0.25, -0.2) is 0 Å². The van der Waals surface area contributed by atoms with Crippen molar-refractivity contribution in [2.75, 3.05) is 12.4 Å². The van der Waals surface area contributed by atoms with E-state index in [0.717, 1.165) is 16.5 Å². The summed E-state index contributed by atoms with van der Waals surface area (Å²) in [6, 6.07) is 16.7. The molecule has 1 heterocycles. The van der Waals surface area contributed by atoms with Gasteiger partial charge in [0.25, 0.3) is 5.91 Å². The van der Waals surface area contributed by atoms with Crippen LogP contribution < -0.4 is 5.32 Å². The van der Waals surface area contributed by atoms with E-state index in [1.807, 2.05) is 30.3 Å².